The van der Waals surface area contributed by atoms with Crippen molar-refractivity contribution >= 4 is 29.5 Å². The molecule has 5 atom stereocenters. The third-order valence-electron chi connectivity index (χ3n) is 5.45. The van der Waals surface area contributed by atoms with E-state index in [1.165, 1.54) is 0 Å². The Kier molecular flexibility index (Phi) is 6.30. The maximum Gasteiger partial charge on any atom is 0.256 e. The number of hydrogen-bond donors (Lipinski definition) is 3. The first kappa shape index (κ1) is 20.7. The van der Waals surface area contributed by atoms with Gasteiger partial charge in [-0.15, -0.1) is 11.8 Å². The van der Waals surface area contributed by atoms with Gasteiger partial charge in [0.15, 0.2) is 0 Å². The lowest BCUT2D eigenvalue weighted by atomic mass is 9.97. The molecule has 152 valence electrons. The van der Waals surface area contributed by atoms with Crippen molar-refractivity contribution in [1.29, 1.82) is 0 Å². The summed E-state index contributed by atoms with van der Waals surface area (Å²) < 4.78 is 0. The highest BCUT2D eigenvalue weighted by Crippen LogP contribution is 2.48. The maximum atomic E-state index is 13.0. The van der Waals surface area contributed by atoms with E-state index in [1.54, 1.807) is 29.7 Å². The topological polar surface area (TPSA) is 98.7 Å². The normalized spacial score (nSPS) is 23.6. The van der Waals surface area contributed by atoms with Gasteiger partial charge in [0.2, 0.25) is 11.8 Å². The van der Waals surface area contributed by atoms with Gasteiger partial charge in [-0.2, -0.15) is 0 Å². The van der Waals surface area contributed by atoms with Crippen LogP contribution < -0.4 is 10.6 Å². The van der Waals surface area contributed by atoms with Crippen molar-refractivity contribution in [3.05, 3.63) is 35.4 Å². The predicted molar refractivity (Wildman–Crippen MR) is 108 cm³/mol. The molecule has 2 aliphatic rings. The third kappa shape index (κ3) is 3.75. The summed E-state index contributed by atoms with van der Waals surface area (Å²) in [4.78, 5) is 40.1. The second-order valence-corrected chi connectivity index (χ2v) is 8.58. The fourth-order valence-corrected chi connectivity index (χ4v) is 5.04. The molecule has 0 saturated carbocycles. The quantitative estimate of drug-likeness (QED) is 0.635. The zero-order valence-corrected chi connectivity index (χ0v) is 17.2. The van der Waals surface area contributed by atoms with Crippen LogP contribution in [0.4, 0.5) is 0 Å². The average molecular weight is 406 g/mol. The van der Waals surface area contributed by atoms with Gasteiger partial charge >= 0.3 is 0 Å². The lowest BCUT2D eigenvalue weighted by Crippen LogP contribution is -2.56. The zero-order valence-electron chi connectivity index (χ0n) is 16.3. The molecule has 0 radical (unpaired) electrons. The molecule has 1 saturated heterocycles. The summed E-state index contributed by atoms with van der Waals surface area (Å²) in [7, 11) is 0. The standard InChI is InChI=1S/C20H27N3O4S/c1-4-11(2)16(18(26)21-12(3)9-24)22-17(25)15-10-28-20-14-8-6-5-7-13(14)19(27)23(15)20/h5-8,11-12,15-16,20,24H,4,9-10H2,1-3H3,(H,21,26)(H,22,25)/t11-,12+,15+,16+,20+/m1/s1. The predicted octanol–water partition coefficient (Wildman–Crippen LogP) is 1.28. The Bertz CT molecular complexity index is 772. The lowest BCUT2D eigenvalue weighted by molar-refractivity contribution is -0.132. The molecule has 0 spiro atoms. The molecule has 28 heavy (non-hydrogen) atoms. The first-order valence-electron chi connectivity index (χ1n) is 9.63. The molecule has 0 aromatic heterocycles. The summed E-state index contributed by atoms with van der Waals surface area (Å²) in [5.74, 6) is -0.343. The van der Waals surface area contributed by atoms with Gasteiger partial charge in [0, 0.05) is 17.4 Å². The number of rotatable bonds is 7. The maximum absolute atomic E-state index is 13.0. The Morgan fingerprint density at radius 1 is 1.29 bits per heavy atom. The van der Waals surface area contributed by atoms with Gasteiger partial charge in [-0.3, -0.25) is 14.4 Å². The molecule has 1 aromatic rings. The van der Waals surface area contributed by atoms with Crippen molar-refractivity contribution in [2.45, 2.75) is 50.7 Å². The van der Waals surface area contributed by atoms with Gasteiger partial charge in [0.05, 0.1) is 6.61 Å². The number of aliphatic hydroxyl groups excluding tert-OH is 1. The number of carbonyl (C=O) groups is 3. The number of fused-ring (bicyclic) bond motifs is 3. The molecular formula is C20H27N3O4S. The van der Waals surface area contributed by atoms with E-state index in [4.69, 9.17) is 0 Å². The van der Waals surface area contributed by atoms with Crippen LogP contribution in [0, 0.1) is 5.92 Å². The van der Waals surface area contributed by atoms with Crippen LogP contribution in [0.1, 0.15) is 48.5 Å². The van der Waals surface area contributed by atoms with Crippen molar-refractivity contribution in [3.8, 4) is 0 Å². The van der Waals surface area contributed by atoms with Crippen molar-refractivity contribution in [2.24, 2.45) is 5.92 Å². The molecule has 8 heteroatoms. The summed E-state index contributed by atoms with van der Waals surface area (Å²) in [6.07, 6.45) is 0.710. The van der Waals surface area contributed by atoms with E-state index in [9.17, 15) is 19.5 Å². The highest BCUT2D eigenvalue weighted by molar-refractivity contribution is 7.99. The molecule has 2 heterocycles. The zero-order chi connectivity index (χ0) is 20.4. The molecular weight excluding hydrogens is 378 g/mol. The molecule has 0 bridgehead atoms. The van der Waals surface area contributed by atoms with Gasteiger partial charge in [-0.25, -0.2) is 0 Å². The van der Waals surface area contributed by atoms with Crippen LogP contribution in [0.2, 0.25) is 0 Å². The summed E-state index contributed by atoms with van der Waals surface area (Å²) in [5, 5.41) is 14.6. The van der Waals surface area contributed by atoms with Crippen LogP contribution in [0.5, 0.6) is 0 Å². The third-order valence-corrected chi connectivity index (χ3v) is 6.76. The van der Waals surface area contributed by atoms with E-state index in [2.05, 4.69) is 10.6 Å². The molecule has 1 fully saturated rings. The molecule has 3 N–H and O–H groups in total. The summed E-state index contributed by atoms with van der Waals surface area (Å²) in [5.41, 5.74) is 1.59. The lowest BCUT2D eigenvalue weighted by Gasteiger charge is -2.28. The smallest absolute Gasteiger partial charge is 0.256 e. The Morgan fingerprint density at radius 3 is 2.68 bits per heavy atom. The van der Waals surface area contributed by atoms with Crippen LogP contribution in [0.15, 0.2) is 24.3 Å². The Labute approximate surface area is 169 Å². The Hall–Kier alpha value is -2.06. The number of nitrogens with one attached hydrogen (secondary N) is 2. The largest absolute Gasteiger partial charge is 0.394 e. The number of thioether (sulfide) groups is 1. The molecule has 0 unspecified atom stereocenters. The number of benzene rings is 1. The molecule has 2 aliphatic heterocycles. The van der Waals surface area contributed by atoms with Crippen molar-refractivity contribution in [2.75, 3.05) is 12.4 Å². The highest BCUT2D eigenvalue weighted by Gasteiger charge is 2.48. The Morgan fingerprint density at radius 2 is 2.00 bits per heavy atom. The number of carbonyl (C=O) groups excluding carboxylic acids is 3. The van der Waals surface area contributed by atoms with Crippen LogP contribution in [-0.2, 0) is 9.59 Å². The highest BCUT2D eigenvalue weighted by atomic mass is 32.2. The van der Waals surface area contributed by atoms with Gasteiger partial charge in [0.1, 0.15) is 17.5 Å². The van der Waals surface area contributed by atoms with Crippen LogP contribution in [0.3, 0.4) is 0 Å². The number of aliphatic hydroxyl groups is 1. The van der Waals surface area contributed by atoms with E-state index in [-0.39, 0.29) is 35.6 Å². The van der Waals surface area contributed by atoms with Gasteiger partial charge in [-0.1, -0.05) is 38.5 Å². The molecule has 3 rings (SSSR count). The van der Waals surface area contributed by atoms with E-state index in [0.29, 0.717) is 17.7 Å². The average Bonchev–Trinajstić information content (AvgIpc) is 3.25. The van der Waals surface area contributed by atoms with Crippen molar-refractivity contribution in [1.82, 2.24) is 15.5 Å². The van der Waals surface area contributed by atoms with Crippen LogP contribution in [-0.4, -0.2) is 58.2 Å². The van der Waals surface area contributed by atoms with E-state index < -0.39 is 18.1 Å². The second kappa shape index (κ2) is 8.53. The van der Waals surface area contributed by atoms with Crippen LogP contribution in [0.25, 0.3) is 0 Å². The SMILES string of the molecule is CC[C@@H](C)[C@H](NC(=O)[C@@H]1CS[C@H]2c3ccccc3C(=O)N12)C(=O)N[C@@H](C)CO. The Balaban J connectivity index is 1.74. The fraction of sp³-hybridized carbons (Fsp3) is 0.550. The van der Waals surface area contributed by atoms with Gasteiger partial charge in [-0.05, 0) is 24.5 Å². The fourth-order valence-electron chi connectivity index (χ4n) is 3.57. The first-order chi connectivity index (χ1) is 13.4. The summed E-state index contributed by atoms with van der Waals surface area (Å²) >= 11 is 1.57. The monoisotopic (exact) mass is 405 g/mol. The van der Waals surface area contributed by atoms with Crippen LogP contribution >= 0.6 is 11.8 Å². The molecule has 1 aromatic carbocycles. The minimum atomic E-state index is -0.712. The molecule has 3 amide bonds. The minimum absolute atomic E-state index is 0.0776. The first-order valence-corrected chi connectivity index (χ1v) is 10.7. The molecule has 0 aliphatic carbocycles. The van der Waals surface area contributed by atoms with Gasteiger partial charge in [0.25, 0.3) is 5.91 Å². The van der Waals surface area contributed by atoms with Crippen molar-refractivity contribution < 1.29 is 19.5 Å². The van der Waals surface area contributed by atoms with E-state index >= 15 is 0 Å². The number of amides is 3. The number of hydrogen-bond acceptors (Lipinski definition) is 5. The summed E-state index contributed by atoms with van der Waals surface area (Å²) in [6, 6.07) is 5.73. The summed E-state index contributed by atoms with van der Waals surface area (Å²) in [6.45, 7) is 5.38. The van der Waals surface area contributed by atoms with E-state index in [0.717, 1.165) is 5.56 Å². The van der Waals surface area contributed by atoms with Gasteiger partial charge < -0.3 is 20.6 Å². The van der Waals surface area contributed by atoms with Crippen molar-refractivity contribution in [3.63, 3.8) is 0 Å². The number of nitrogens with zero attached hydrogens (tertiary/aromatic N) is 1. The molecule has 7 nitrogen and oxygen atoms in total. The minimum Gasteiger partial charge on any atom is -0.394 e. The second-order valence-electron chi connectivity index (χ2n) is 7.47. The van der Waals surface area contributed by atoms with E-state index in [1.807, 2.05) is 32.0 Å².